The molecule has 17 heavy (non-hydrogen) atoms. The van der Waals surface area contributed by atoms with Crippen LogP contribution in [0, 0.1) is 11.7 Å². The Labute approximate surface area is 105 Å². The Bertz CT molecular complexity index is 395. The van der Waals surface area contributed by atoms with E-state index in [1.165, 1.54) is 12.1 Å². The summed E-state index contributed by atoms with van der Waals surface area (Å²) >= 11 is 0. The van der Waals surface area contributed by atoms with Crippen LogP contribution in [0.15, 0.2) is 18.2 Å². The maximum absolute atomic E-state index is 13.2. The highest BCUT2D eigenvalue weighted by atomic mass is 32.2. The van der Waals surface area contributed by atoms with Gasteiger partial charge in [0.1, 0.15) is 5.82 Å². The molecule has 0 aliphatic carbocycles. The van der Waals surface area contributed by atoms with E-state index >= 15 is 0 Å². The van der Waals surface area contributed by atoms with E-state index in [1.807, 2.05) is 6.07 Å². The van der Waals surface area contributed by atoms with Crippen LogP contribution in [-0.4, -0.2) is 9.96 Å². The fraction of sp³-hybridized carbons (Fsp3) is 0.538. The lowest BCUT2D eigenvalue weighted by atomic mass is 10.1. The van der Waals surface area contributed by atoms with Crippen molar-refractivity contribution in [2.24, 2.45) is 11.7 Å². The van der Waals surface area contributed by atoms with Gasteiger partial charge in [-0.25, -0.2) is 4.39 Å². The molecule has 0 bridgehead atoms. The molecule has 2 nitrogen and oxygen atoms in total. The van der Waals surface area contributed by atoms with Gasteiger partial charge in [0.25, 0.3) is 0 Å². The third kappa shape index (κ3) is 4.96. The van der Waals surface area contributed by atoms with E-state index in [1.54, 1.807) is 0 Å². The fourth-order valence-electron chi connectivity index (χ4n) is 1.60. The van der Waals surface area contributed by atoms with Crippen LogP contribution in [0.2, 0.25) is 0 Å². The molecule has 0 saturated heterocycles. The second-order valence-corrected chi connectivity index (χ2v) is 5.94. The van der Waals surface area contributed by atoms with Gasteiger partial charge in [-0.05, 0) is 29.2 Å². The van der Waals surface area contributed by atoms with E-state index in [0.29, 0.717) is 24.0 Å². The summed E-state index contributed by atoms with van der Waals surface area (Å²) in [5.41, 5.74) is 7.00. The van der Waals surface area contributed by atoms with E-state index in [-0.39, 0.29) is 5.82 Å². The highest BCUT2D eigenvalue weighted by Gasteiger charge is 2.08. The second kappa shape index (κ2) is 6.87. The molecule has 0 saturated carbocycles. The SMILES string of the molecule is CCC(C)CS(=O)Cc1cc(F)cc(CN)c1. The van der Waals surface area contributed by atoms with Gasteiger partial charge in [-0.2, -0.15) is 0 Å². The zero-order valence-corrected chi connectivity index (χ0v) is 11.2. The fourth-order valence-corrected chi connectivity index (χ4v) is 3.13. The molecule has 2 N–H and O–H groups in total. The lowest BCUT2D eigenvalue weighted by Gasteiger charge is -2.09. The molecular formula is C13H20FNOS. The third-order valence-corrected chi connectivity index (χ3v) is 4.34. The highest BCUT2D eigenvalue weighted by molar-refractivity contribution is 7.84. The van der Waals surface area contributed by atoms with Gasteiger partial charge in [0, 0.05) is 28.9 Å². The van der Waals surface area contributed by atoms with Crippen molar-refractivity contribution in [3.05, 3.63) is 35.1 Å². The highest BCUT2D eigenvalue weighted by Crippen LogP contribution is 2.13. The number of benzene rings is 1. The van der Waals surface area contributed by atoms with Crippen molar-refractivity contribution in [3.63, 3.8) is 0 Å². The third-order valence-electron chi connectivity index (χ3n) is 2.75. The maximum atomic E-state index is 13.2. The maximum Gasteiger partial charge on any atom is 0.123 e. The Morgan fingerprint density at radius 3 is 2.59 bits per heavy atom. The normalized spacial score (nSPS) is 14.6. The summed E-state index contributed by atoms with van der Waals surface area (Å²) < 4.78 is 25.1. The number of rotatable bonds is 6. The Morgan fingerprint density at radius 2 is 2.00 bits per heavy atom. The topological polar surface area (TPSA) is 43.1 Å². The Hall–Kier alpha value is -0.740. The summed E-state index contributed by atoms with van der Waals surface area (Å²) in [6.07, 6.45) is 1.02. The van der Waals surface area contributed by atoms with Crippen molar-refractivity contribution in [1.29, 1.82) is 0 Å². The summed E-state index contributed by atoms with van der Waals surface area (Å²) in [5.74, 6) is 1.22. The van der Waals surface area contributed by atoms with Crippen molar-refractivity contribution in [1.82, 2.24) is 0 Å². The van der Waals surface area contributed by atoms with Crippen LogP contribution in [0.4, 0.5) is 4.39 Å². The van der Waals surface area contributed by atoms with Crippen LogP contribution in [0.25, 0.3) is 0 Å². The molecule has 2 unspecified atom stereocenters. The second-order valence-electron chi connectivity index (χ2n) is 4.44. The van der Waals surface area contributed by atoms with Crippen molar-refractivity contribution in [2.45, 2.75) is 32.6 Å². The van der Waals surface area contributed by atoms with Gasteiger partial charge in [-0.1, -0.05) is 26.3 Å². The largest absolute Gasteiger partial charge is 0.326 e. The average molecular weight is 257 g/mol. The molecule has 4 heteroatoms. The molecule has 0 radical (unpaired) electrons. The predicted octanol–water partition coefficient (Wildman–Crippen LogP) is 2.58. The van der Waals surface area contributed by atoms with Crippen molar-refractivity contribution >= 4 is 10.8 Å². The van der Waals surface area contributed by atoms with Gasteiger partial charge in [0.15, 0.2) is 0 Å². The predicted molar refractivity (Wildman–Crippen MR) is 70.5 cm³/mol. The molecule has 0 amide bonds. The Morgan fingerprint density at radius 1 is 1.35 bits per heavy atom. The van der Waals surface area contributed by atoms with E-state index in [0.717, 1.165) is 17.5 Å². The smallest absolute Gasteiger partial charge is 0.123 e. The van der Waals surface area contributed by atoms with Crippen LogP contribution in [-0.2, 0) is 23.1 Å². The number of hydrogen-bond donors (Lipinski definition) is 1. The van der Waals surface area contributed by atoms with Gasteiger partial charge in [-0.15, -0.1) is 0 Å². The first kappa shape index (κ1) is 14.3. The minimum absolute atomic E-state index is 0.302. The van der Waals surface area contributed by atoms with Crippen LogP contribution in [0.3, 0.4) is 0 Å². The summed E-state index contributed by atoms with van der Waals surface area (Å²) in [6.45, 7) is 4.47. The van der Waals surface area contributed by atoms with Crippen LogP contribution >= 0.6 is 0 Å². The van der Waals surface area contributed by atoms with Crippen molar-refractivity contribution in [3.8, 4) is 0 Å². The lowest BCUT2D eigenvalue weighted by Crippen LogP contribution is -2.09. The van der Waals surface area contributed by atoms with Crippen molar-refractivity contribution < 1.29 is 8.60 Å². The van der Waals surface area contributed by atoms with E-state index in [9.17, 15) is 8.60 Å². The summed E-state index contributed by atoms with van der Waals surface area (Å²) in [5, 5.41) is 0. The standard InChI is InChI=1S/C13H20FNOS/c1-3-10(2)8-17(16)9-12-4-11(7-15)5-13(14)6-12/h4-6,10H,3,7-9,15H2,1-2H3. The first-order valence-corrected chi connectivity index (χ1v) is 7.37. The van der Waals surface area contributed by atoms with Gasteiger partial charge < -0.3 is 5.73 Å². The van der Waals surface area contributed by atoms with E-state index in [2.05, 4.69) is 13.8 Å². The Kier molecular flexibility index (Phi) is 5.78. The Balaban J connectivity index is 2.67. The molecular weight excluding hydrogens is 237 g/mol. The molecule has 0 aliphatic heterocycles. The molecule has 0 aromatic heterocycles. The monoisotopic (exact) mass is 257 g/mol. The van der Waals surface area contributed by atoms with Crippen LogP contribution in [0.1, 0.15) is 31.4 Å². The van der Waals surface area contributed by atoms with E-state index < -0.39 is 10.8 Å². The van der Waals surface area contributed by atoms with Gasteiger partial charge in [0.2, 0.25) is 0 Å². The summed E-state index contributed by atoms with van der Waals surface area (Å²) in [4.78, 5) is 0. The average Bonchev–Trinajstić information content (AvgIpc) is 2.27. The molecule has 0 aliphatic rings. The number of nitrogens with two attached hydrogens (primary N) is 1. The molecule has 2 atom stereocenters. The molecule has 0 heterocycles. The summed E-state index contributed by atoms with van der Waals surface area (Å²) in [6, 6.07) is 4.69. The molecule has 1 aromatic rings. The first-order valence-electron chi connectivity index (χ1n) is 5.88. The first-order chi connectivity index (χ1) is 8.05. The van der Waals surface area contributed by atoms with Gasteiger partial charge in [0.05, 0.1) is 0 Å². The quantitative estimate of drug-likeness (QED) is 0.851. The minimum atomic E-state index is -0.927. The molecule has 0 spiro atoms. The molecule has 96 valence electrons. The van der Waals surface area contributed by atoms with Gasteiger partial charge in [-0.3, -0.25) is 4.21 Å². The summed E-state index contributed by atoms with van der Waals surface area (Å²) in [7, 11) is -0.927. The zero-order chi connectivity index (χ0) is 12.8. The minimum Gasteiger partial charge on any atom is -0.326 e. The van der Waals surface area contributed by atoms with Crippen molar-refractivity contribution in [2.75, 3.05) is 5.75 Å². The molecule has 0 fully saturated rings. The number of halogens is 1. The van der Waals surface area contributed by atoms with E-state index in [4.69, 9.17) is 5.73 Å². The number of hydrogen-bond acceptors (Lipinski definition) is 2. The zero-order valence-electron chi connectivity index (χ0n) is 10.4. The lowest BCUT2D eigenvalue weighted by molar-refractivity contribution is 0.614. The van der Waals surface area contributed by atoms with Crippen LogP contribution in [0.5, 0.6) is 0 Å². The molecule has 1 rings (SSSR count). The van der Waals surface area contributed by atoms with Gasteiger partial charge >= 0.3 is 0 Å². The molecule has 1 aromatic carbocycles. The van der Waals surface area contributed by atoms with Crippen LogP contribution < -0.4 is 5.73 Å².